The molecule has 0 aromatic heterocycles. The average molecular weight is 677 g/mol. The van der Waals surface area contributed by atoms with Crippen LogP contribution in [0.2, 0.25) is 0 Å². The van der Waals surface area contributed by atoms with Gasteiger partial charge in [0.05, 0.1) is 12.7 Å². The molecular formula is C29H40O18. The Hall–Kier alpha value is -4.32. The molecule has 0 amide bonds. The van der Waals surface area contributed by atoms with Crippen LogP contribution in [0.1, 0.15) is 61.8 Å². The fraction of sp³-hybridized carbons (Fsp3) is 0.724. The molecule has 18 nitrogen and oxygen atoms in total. The number of rotatable bonds is 12. The van der Waals surface area contributed by atoms with Gasteiger partial charge in [-0.25, -0.2) is 0 Å². The topological polar surface area (TPSA) is 229 Å². The third kappa shape index (κ3) is 12.1. The number of ether oxygens (including phenoxy) is 10. The van der Waals surface area contributed by atoms with Crippen LogP contribution in [0.25, 0.3) is 0 Å². The molecule has 1 aliphatic heterocycles. The fourth-order valence-corrected chi connectivity index (χ4v) is 5.25. The van der Waals surface area contributed by atoms with Gasteiger partial charge in [-0.2, -0.15) is 0 Å². The number of hydrogen-bond donors (Lipinski definition) is 0. The predicted molar refractivity (Wildman–Crippen MR) is 148 cm³/mol. The molecule has 2 fully saturated rings. The van der Waals surface area contributed by atoms with Crippen molar-refractivity contribution in [3.63, 3.8) is 0 Å². The molecule has 0 radical (unpaired) electrons. The Balaban J connectivity index is 2.73. The number of hydrogen-bond acceptors (Lipinski definition) is 18. The molecule has 47 heavy (non-hydrogen) atoms. The van der Waals surface area contributed by atoms with Gasteiger partial charge in [0.15, 0.2) is 18.3 Å². The van der Waals surface area contributed by atoms with Crippen molar-refractivity contribution in [3.05, 3.63) is 0 Å². The van der Waals surface area contributed by atoms with E-state index in [2.05, 4.69) is 0 Å². The first-order chi connectivity index (χ1) is 21.9. The van der Waals surface area contributed by atoms with Crippen LogP contribution in [-0.2, 0) is 85.7 Å². The number of carbonyl (C=O) groups excluding carboxylic acids is 8. The van der Waals surface area contributed by atoms with Crippen molar-refractivity contribution in [1.82, 2.24) is 0 Å². The molecule has 2 aliphatic rings. The zero-order chi connectivity index (χ0) is 35.6. The third-order valence-electron chi connectivity index (χ3n) is 6.68. The highest BCUT2D eigenvalue weighted by molar-refractivity contribution is 5.70. The smallest absolute Gasteiger partial charge is 0.305 e. The highest BCUT2D eigenvalue weighted by atomic mass is 16.7. The molecule has 264 valence electrons. The van der Waals surface area contributed by atoms with E-state index < -0.39 is 115 Å². The maximum Gasteiger partial charge on any atom is 0.305 e. The Morgan fingerprint density at radius 1 is 0.468 bits per heavy atom. The molecule has 2 rings (SSSR count). The van der Waals surface area contributed by atoms with E-state index >= 15 is 0 Å². The summed E-state index contributed by atoms with van der Waals surface area (Å²) in [4.78, 5) is 96.6. The summed E-state index contributed by atoms with van der Waals surface area (Å²) >= 11 is 0. The standard InChI is InChI=1S/C29H40O18/c1-12(30)38-10-20-9-21(24(41-15(4)33)26(42-16(5)34)23(20)40-14(3)32)46-25-22(11-39-13(2)31)47-29(45-19(8)37)28(44-18(7)36)27(25)43-17(6)35/h20-29H,9-11H2,1-8H3/t20-,21-,22-,23-,24-,25-,26+,27+,28-,29+/m1/s1. The van der Waals surface area contributed by atoms with Crippen LogP contribution >= 0.6 is 0 Å². The van der Waals surface area contributed by atoms with Gasteiger partial charge >= 0.3 is 47.8 Å². The Morgan fingerprint density at radius 2 is 0.872 bits per heavy atom. The lowest BCUT2D eigenvalue weighted by atomic mass is 9.80. The minimum Gasteiger partial charge on any atom is -0.465 e. The molecule has 0 spiro atoms. The summed E-state index contributed by atoms with van der Waals surface area (Å²) in [6.45, 7) is 7.63. The first kappa shape index (κ1) is 38.9. The van der Waals surface area contributed by atoms with E-state index in [0.717, 1.165) is 55.4 Å². The molecule has 10 atom stereocenters. The number of esters is 8. The summed E-state index contributed by atoms with van der Waals surface area (Å²) < 4.78 is 55.1. The lowest BCUT2D eigenvalue weighted by molar-refractivity contribution is -0.317. The summed E-state index contributed by atoms with van der Waals surface area (Å²) in [5.74, 6) is -7.52. The molecule has 0 aromatic carbocycles. The monoisotopic (exact) mass is 676 g/mol. The largest absolute Gasteiger partial charge is 0.465 e. The quantitative estimate of drug-likeness (QED) is 0.193. The molecule has 0 N–H and O–H groups in total. The van der Waals surface area contributed by atoms with E-state index in [-0.39, 0.29) is 13.0 Å². The van der Waals surface area contributed by atoms with E-state index in [0.29, 0.717) is 0 Å². The van der Waals surface area contributed by atoms with Gasteiger partial charge in [0.1, 0.15) is 24.9 Å². The van der Waals surface area contributed by atoms with Gasteiger partial charge in [0.25, 0.3) is 0 Å². The summed E-state index contributed by atoms with van der Waals surface area (Å²) in [6.07, 6.45) is -13.6. The highest BCUT2D eigenvalue weighted by Gasteiger charge is 2.57. The second kappa shape index (κ2) is 17.6. The lowest BCUT2D eigenvalue weighted by Gasteiger charge is -2.48. The SMILES string of the molecule is CC(=O)OC[C@H]1C[C@@H](O[C@H]2[C@H](OC(C)=O)[C@@H](OC(C)=O)[C@@H](OC(C)=O)O[C@@H]2COC(C)=O)[C@@H](OC(C)=O)[C@@H](OC(C)=O)[C@@H]1OC(C)=O. The van der Waals surface area contributed by atoms with Gasteiger partial charge in [0, 0.05) is 61.3 Å². The minimum atomic E-state index is -1.67. The average Bonchev–Trinajstić information content (AvgIpc) is 2.91. The first-order valence-electron chi connectivity index (χ1n) is 14.5. The normalized spacial score (nSPS) is 30.0. The molecule has 0 bridgehead atoms. The van der Waals surface area contributed by atoms with E-state index in [1.54, 1.807) is 0 Å². The van der Waals surface area contributed by atoms with Gasteiger partial charge in [0.2, 0.25) is 12.4 Å². The van der Waals surface area contributed by atoms with Crippen molar-refractivity contribution in [1.29, 1.82) is 0 Å². The van der Waals surface area contributed by atoms with Crippen molar-refractivity contribution in [3.8, 4) is 0 Å². The Morgan fingerprint density at radius 3 is 1.34 bits per heavy atom. The van der Waals surface area contributed by atoms with Crippen molar-refractivity contribution < 1.29 is 85.7 Å². The van der Waals surface area contributed by atoms with Crippen LogP contribution in [0, 0.1) is 5.92 Å². The summed E-state index contributed by atoms with van der Waals surface area (Å²) in [5.41, 5.74) is 0. The minimum absolute atomic E-state index is 0.198. The Kier molecular flexibility index (Phi) is 14.5. The van der Waals surface area contributed by atoms with Gasteiger partial charge in [-0.3, -0.25) is 38.4 Å². The van der Waals surface area contributed by atoms with Crippen LogP contribution in [0.3, 0.4) is 0 Å². The summed E-state index contributed by atoms with van der Waals surface area (Å²) in [5, 5.41) is 0. The Bertz CT molecular complexity index is 1200. The lowest BCUT2D eigenvalue weighted by Crippen LogP contribution is -2.66. The predicted octanol–water partition coefficient (Wildman–Crippen LogP) is -0.167. The second-order valence-electron chi connectivity index (χ2n) is 10.8. The molecule has 1 heterocycles. The van der Waals surface area contributed by atoms with Crippen molar-refractivity contribution in [2.75, 3.05) is 13.2 Å². The van der Waals surface area contributed by atoms with E-state index in [1.165, 1.54) is 0 Å². The maximum absolute atomic E-state index is 12.3. The zero-order valence-corrected chi connectivity index (χ0v) is 27.2. The van der Waals surface area contributed by atoms with Crippen LogP contribution in [-0.4, -0.2) is 116 Å². The molecule has 0 aromatic rings. The molecule has 18 heteroatoms. The Labute approximate surface area is 269 Å². The van der Waals surface area contributed by atoms with Gasteiger partial charge < -0.3 is 47.4 Å². The molecule has 1 saturated heterocycles. The van der Waals surface area contributed by atoms with Crippen LogP contribution in [0.4, 0.5) is 0 Å². The van der Waals surface area contributed by atoms with E-state index in [1.807, 2.05) is 0 Å². The van der Waals surface area contributed by atoms with Gasteiger partial charge in [-0.05, 0) is 6.42 Å². The van der Waals surface area contributed by atoms with E-state index in [9.17, 15) is 38.4 Å². The summed E-state index contributed by atoms with van der Waals surface area (Å²) in [6, 6.07) is 0. The van der Waals surface area contributed by atoms with Gasteiger partial charge in [-0.1, -0.05) is 0 Å². The van der Waals surface area contributed by atoms with Gasteiger partial charge in [-0.15, -0.1) is 0 Å². The van der Waals surface area contributed by atoms with Crippen LogP contribution in [0.15, 0.2) is 0 Å². The first-order valence-corrected chi connectivity index (χ1v) is 14.5. The second-order valence-corrected chi connectivity index (χ2v) is 10.8. The zero-order valence-electron chi connectivity index (χ0n) is 27.2. The molecule has 0 unspecified atom stereocenters. The third-order valence-corrected chi connectivity index (χ3v) is 6.68. The van der Waals surface area contributed by atoms with Crippen molar-refractivity contribution in [2.45, 2.75) is 117 Å². The fourth-order valence-electron chi connectivity index (χ4n) is 5.25. The summed E-state index contributed by atoms with van der Waals surface area (Å²) in [7, 11) is 0. The maximum atomic E-state index is 12.3. The van der Waals surface area contributed by atoms with Crippen molar-refractivity contribution in [2.24, 2.45) is 5.92 Å². The van der Waals surface area contributed by atoms with Crippen molar-refractivity contribution >= 4 is 47.8 Å². The van der Waals surface area contributed by atoms with Crippen LogP contribution in [0.5, 0.6) is 0 Å². The highest BCUT2D eigenvalue weighted by Crippen LogP contribution is 2.38. The van der Waals surface area contributed by atoms with Crippen LogP contribution < -0.4 is 0 Å². The molecule has 1 saturated carbocycles. The molecule has 1 aliphatic carbocycles. The number of carbonyl (C=O) groups is 8. The molecular weight excluding hydrogens is 636 g/mol. The van der Waals surface area contributed by atoms with E-state index in [4.69, 9.17) is 47.4 Å².